The van der Waals surface area contributed by atoms with Gasteiger partial charge in [0.25, 0.3) is 0 Å². The number of hydrogen-bond acceptors (Lipinski definition) is 3. The lowest BCUT2D eigenvalue weighted by atomic mass is 10.0. The molecule has 0 bridgehead atoms. The Hall–Kier alpha value is -1.49. The van der Waals surface area contributed by atoms with Gasteiger partial charge in [0.1, 0.15) is 11.9 Å². The molecule has 19 heavy (non-hydrogen) atoms. The van der Waals surface area contributed by atoms with Crippen LogP contribution in [0.25, 0.3) is 0 Å². The normalized spacial score (nSPS) is 19.2. The van der Waals surface area contributed by atoms with Crippen LogP contribution in [0.2, 0.25) is 0 Å². The maximum absolute atomic E-state index is 11.9. The van der Waals surface area contributed by atoms with Gasteiger partial charge in [0.2, 0.25) is 0 Å². The SMILES string of the molecule is CSc1ccc(C2C(N)=NC(=O)N2CC(C)C)cc1. The van der Waals surface area contributed by atoms with Crippen LogP contribution in [-0.4, -0.2) is 29.6 Å². The van der Waals surface area contributed by atoms with Crippen LogP contribution in [0.3, 0.4) is 0 Å². The minimum atomic E-state index is -0.231. The lowest BCUT2D eigenvalue weighted by molar-refractivity contribution is 0.199. The number of benzene rings is 1. The monoisotopic (exact) mass is 277 g/mol. The average molecular weight is 277 g/mol. The fourth-order valence-electron chi connectivity index (χ4n) is 2.22. The summed E-state index contributed by atoms with van der Waals surface area (Å²) in [6, 6.07) is 7.68. The molecule has 2 rings (SSSR count). The van der Waals surface area contributed by atoms with Crippen LogP contribution in [0.4, 0.5) is 4.79 Å². The Labute approximate surface area is 118 Å². The molecule has 1 atom stereocenters. The topological polar surface area (TPSA) is 58.7 Å². The van der Waals surface area contributed by atoms with E-state index < -0.39 is 0 Å². The molecule has 0 radical (unpaired) electrons. The molecule has 0 spiro atoms. The van der Waals surface area contributed by atoms with Gasteiger partial charge in [0.05, 0.1) is 0 Å². The lowest BCUT2D eigenvalue weighted by Crippen LogP contribution is -2.35. The Kier molecular flexibility index (Phi) is 4.14. The maximum atomic E-state index is 11.9. The number of thioether (sulfide) groups is 1. The molecule has 1 unspecified atom stereocenters. The first-order valence-corrected chi connectivity index (χ1v) is 7.54. The van der Waals surface area contributed by atoms with Gasteiger partial charge in [-0.3, -0.25) is 0 Å². The summed E-state index contributed by atoms with van der Waals surface area (Å²) in [6.45, 7) is 4.82. The zero-order valence-electron chi connectivity index (χ0n) is 11.5. The average Bonchev–Trinajstić information content (AvgIpc) is 2.64. The molecular weight excluding hydrogens is 258 g/mol. The summed E-state index contributed by atoms with van der Waals surface area (Å²) in [5, 5.41) is 0. The highest BCUT2D eigenvalue weighted by molar-refractivity contribution is 7.98. The Morgan fingerprint density at radius 2 is 2.00 bits per heavy atom. The van der Waals surface area contributed by atoms with Gasteiger partial charge in [-0.1, -0.05) is 26.0 Å². The molecule has 0 aromatic heterocycles. The molecule has 2 amide bonds. The summed E-state index contributed by atoms with van der Waals surface area (Å²) in [4.78, 5) is 18.7. The first-order chi connectivity index (χ1) is 9.02. The molecule has 0 fully saturated rings. The minimum Gasteiger partial charge on any atom is -0.385 e. The molecule has 2 N–H and O–H groups in total. The number of nitrogens with zero attached hydrogens (tertiary/aromatic N) is 2. The number of carbonyl (C=O) groups excluding carboxylic acids is 1. The molecule has 0 aliphatic carbocycles. The summed E-state index contributed by atoms with van der Waals surface area (Å²) in [6.07, 6.45) is 2.04. The van der Waals surface area contributed by atoms with Gasteiger partial charge >= 0.3 is 6.03 Å². The van der Waals surface area contributed by atoms with E-state index in [1.54, 1.807) is 16.7 Å². The summed E-state index contributed by atoms with van der Waals surface area (Å²) >= 11 is 1.69. The predicted octanol–water partition coefficient (Wildman–Crippen LogP) is 2.90. The Morgan fingerprint density at radius 3 is 2.53 bits per heavy atom. The molecule has 1 aromatic carbocycles. The van der Waals surface area contributed by atoms with Gasteiger partial charge in [0, 0.05) is 11.4 Å². The van der Waals surface area contributed by atoms with E-state index in [1.807, 2.05) is 30.5 Å². The smallest absolute Gasteiger partial charge is 0.346 e. The largest absolute Gasteiger partial charge is 0.385 e. The van der Waals surface area contributed by atoms with E-state index >= 15 is 0 Å². The van der Waals surface area contributed by atoms with Gasteiger partial charge in [0.15, 0.2) is 0 Å². The summed E-state index contributed by atoms with van der Waals surface area (Å²) in [5.74, 6) is 0.778. The summed E-state index contributed by atoms with van der Waals surface area (Å²) < 4.78 is 0. The van der Waals surface area contributed by atoms with Crippen LogP contribution in [-0.2, 0) is 0 Å². The Morgan fingerprint density at radius 1 is 1.37 bits per heavy atom. The van der Waals surface area contributed by atoms with Gasteiger partial charge in [-0.2, -0.15) is 4.99 Å². The van der Waals surface area contributed by atoms with Crippen molar-refractivity contribution in [3.05, 3.63) is 29.8 Å². The van der Waals surface area contributed by atoms with E-state index in [2.05, 4.69) is 18.8 Å². The van der Waals surface area contributed by atoms with Crippen molar-refractivity contribution in [1.29, 1.82) is 0 Å². The third-order valence-corrected chi connectivity index (χ3v) is 3.80. The minimum absolute atomic E-state index is 0.217. The molecule has 1 aromatic rings. The van der Waals surface area contributed by atoms with Crippen molar-refractivity contribution < 1.29 is 4.79 Å². The number of amidine groups is 1. The third kappa shape index (κ3) is 2.92. The van der Waals surface area contributed by atoms with E-state index in [9.17, 15) is 4.79 Å². The van der Waals surface area contributed by atoms with Crippen LogP contribution in [0.15, 0.2) is 34.2 Å². The number of nitrogens with two attached hydrogens (primary N) is 1. The summed E-state index contributed by atoms with van der Waals surface area (Å²) in [5.41, 5.74) is 6.94. The number of hydrogen-bond donors (Lipinski definition) is 1. The number of urea groups is 1. The van der Waals surface area contributed by atoms with Gasteiger partial charge < -0.3 is 10.6 Å². The zero-order chi connectivity index (χ0) is 14.0. The quantitative estimate of drug-likeness (QED) is 0.861. The van der Waals surface area contributed by atoms with Crippen LogP contribution >= 0.6 is 11.8 Å². The van der Waals surface area contributed by atoms with Crippen molar-refractivity contribution in [3.8, 4) is 0 Å². The fourth-order valence-corrected chi connectivity index (χ4v) is 2.63. The van der Waals surface area contributed by atoms with Crippen molar-refractivity contribution in [3.63, 3.8) is 0 Å². The summed E-state index contributed by atoms with van der Waals surface area (Å²) in [7, 11) is 0. The third-order valence-electron chi connectivity index (χ3n) is 3.06. The van der Waals surface area contributed by atoms with E-state index in [1.165, 1.54) is 4.90 Å². The second-order valence-electron chi connectivity index (χ2n) is 5.04. The molecule has 5 heteroatoms. The lowest BCUT2D eigenvalue weighted by Gasteiger charge is -2.26. The highest BCUT2D eigenvalue weighted by Crippen LogP contribution is 2.29. The fraction of sp³-hybridized carbons (Fsp3) is 0.429. The molecule has 0 saturated carbocycles. The molecule has 1 heterocycles. The standard InChI is InChI=1S/C14H19N3OS/c1-9(2)8-17-12(13(15)16-14(17)18)10-4-6-11(19-3)7-5-10/h4-7,9,12H,8H2,1-3H3,(H2,15,16,18). The van der Waals surface area contributed by atoms with E-state index in [0.29, 0.717) is 18.3 Å². The van der Waals surface area contributed by atoms with Crippen molar-refractivity contribution in [2.75, 3.05) is 12.8 Å². The van der Waals surface area contributed by atoms with Crippen LogP contribution in [0.5, 0.6) is 0 Å². The highest BCUT2D eigenvalue weighted by Gasteiger charge is 2.34. The first-order valence-electron chi connectivity index (χ1n) is 6.31. The first kappa shape index (κ1) is 13.9. The highest BCUT2D eigenvalue weighted by atomic mass is 32.2. The number of aliphatic imine (C=N–C) groups is 1. The Bertz CT molecular complexity index is 496. The molecule has 1 aliphatic rings. The predicted molar refractivity (Wildman–Crippen MR) is 79.5 cm³/mol. The van der Waals surface area contributed by atoms with E-state index in [0.717, 1.165) is 5.56 Å². The van der Waals surface area contributed by atoms with Crippen LogP contribution < -0.4 is 5.73 Å². The molecule has 102 valence electrons. The molecular formula is C14H19N3OS. The van der Waals surface area contributed by atoms with E-state index in [4.69, 9.17) is 5.73 Å². The van der Waals surface area contributed by atoms with Crippen LogP contribution in [0, 0.1) is 5.92 Å². The van der Waals surface area contributed by atoms with Gasteiger partial charge in [-0.25, -0.2) is 4.79 Å². The second-order valence-corrected chi connectivity index (χ2v) is 5.92. The number of rotatable bonds is 4. The van der Waals surface area contributed by atoms with E-state index in [-0.39, 0.29) is 12.1 Å². The number of carbonyl (C=O) groups is 1. The van der Waals surface area contributed by atoms with Crippen molar-refractivity contribution in [1.82, 2.24) is 4.90 Å². The Balaban J connectivity index is 2.28. The maximum Gasteiger partial charge on any atom is 0.346 e. The van der Waals surface area contributed by atoms with Crippen molar-refractivity contribution >= 4 is 23.6 Å². The number of amides is 2. The van der Waals surface area contributed by atoms with Crippen molar-refractivity contribution in [2.24, 2.45) is 16.6 Å². The molecule has 4 nitrogen and oxygen atoms in total. The van der Waals surface area contributed by atoms with Crippen LogP contribution in [0.1, 0.15) is 25.5 Å². The van der Waals surface area contributed by atoms with Gasteiger partial charge in [-0.15, -0.1) is 11.8 Å². The van der Waals surface area contributed by atoms with Gasteiger partial charge in [-0.05, 0) is 29.9 Å². The molecule has 1 aliphatic heterocycles. The molecule has 0 saturated heterocycles. The zero-order valence-corrected chi connectivity index (χ0v) is 12.3. The van der Waals surface area contributed by atoms with Crippen molar-refractivity contribution in [2.45, 2.75) is 24.8 Å². The second kappa shape index (κ2) is 5.65.